The van der Waals surface area contributed by atoms with E-state index in [1.807, 2.05) is 0 Å². The monoisotopic (exact) mass is 389 g/mol. The molecule has 22 heavy (non-hydrogen) atoms. The van der Waals surface area contributed by atoms with Crippen molar-refractivity contribution < 1.29 is 13.2 Å². The molecule has 0 aliphatic carbocycles. The van der Waals surface area contributed by atoms with Crippen molar-refractivity contribution in [3.8, 4) is 0 Å². The molecule has 0 aromatic heterocycles. The summed E-state index contributed by atoms with van der Waals surface area (Å²) in [6.45, 7) is 4.43. The van der Waals surface area contributed by atoms with E-state index in [1.165, 1.54) is 13.0 Å². The predicted molar refractivity (Wildman–Crippen MR) is 89.4 cm³/mol. The fourth-order valence-corrected chi connectivity index (χ4v) is 4.38. The summed E-state index contributed by atoms with van der Waals surface area (Å²) in [5.74, 6) is -0.207. The highest BCUT2D eigenvalue weighted by atomic mass is 79.9. The van der Waals surface area contributed by atoms with Gasteiger partial charge in [-0.05, 0) is 59.9 Å². The molecule has 1 saturated heterocycles. The lowest BCUT2D eigenvalue weighted by atomic mass is 10.2. The third-order valence-electron chi connectivity index (χ3n) is 3.55. The smallest absolute Gasteiger partial charge is 0.240 e. The minimum Gasteiger partial charge on any atom is -0.325 e. The van der Waals surface area contributed by atoms with Gasteiger partial charge < -0.3 is 10.6 Å². The zero-order chi connectivity index (χ0) is 16.3. The van der Waals surface area contributed by atoms with Gasteiger partial charge in [-0.3, -0.25) is 4.79 Å². The van der Waals surface area contributed by atoms with Gasteiger partial charge in [0, 0.05) is 24.0 Å². The number of amides is 1. The van der Waals surface area contributed by atoms with Gasteiger partial charge in [-0.15, -0.1) is 0 Å². The molecular formula is C14H20BrN3O3S. The molecule has 1 heterocycles. The Morgan fingerprint density at radius 1 is 1.45 bits per heavy atom. The van der Waals surface area contributed by atoms with E-state index in [2.05, 4.69) is 31.3 Å². The van der Waals surface area contributed by atoms with Gasteiger partial charge in [-0.1, -0.05) is 0 Å². The number of sulfonamides is 1. The first-order valence-electron chi connectivity index (χ1n) is 7.10. The molecule has 2 rings (SSSR count). The normalized spacial score (nSPS) is 18.4. The van der Waals surface area contributed by atoms with Crippen molar-refractivity contribution in [3.63, 3.8) is 0 Å². The molecule has 1 aliphatic rings. The highest BCUT2D eigenvalue weighted by molar-refractivity contribution is 9.10. The SMILES string of the molecule is CC(=O)Nc1cc(C)c(S(=O)(=O)NCC2CCCN2)cc1Br. The van der Waals surface area contributed by atoms with Crippen LogP contribution in [0.5, 0.6) is 0 Å². The fraction of sp³-hybridized carbons (Fsp3) is 0.500. The maximum absolute atomic E-state index is 12.4. The average Bonchev–Trinajstić information content (AvgIpc) is 2.93. The maximum Gasteiger partial charge on any atom is 0.240 e. The first-order chi connectivity index (χ1) is 10.3. The summed E-state index contributed by atoms with van der Waals surface area (Å²) in [6, 6.07) is 3.36. The van der Waals surface area contributed by atoms with Crippen molar-refractivity contribution >= 4 is 37.5 Å². The second-order valence-corrected chi connectivity index (χ2v) is 8.01. The van der Waals surface area contributed by atoms with E-state index < -0.39 is 10.0 Å². The minimum atomic E-state index is -3.58. The summed E-state index contributed by atoms with van der Waals surface area (Å²) in [5, 5.41) is 5.91. The number of carbonyl (C=O) groups is 1. The summed E-state index contributed by atoms with van der Waals surface area (Å²) >= 11 is 3.30. The Morgan fingerprint density at radius 3 is 2.77 bits per heavy atom. The van der Waals surface area contributed by atoms with Gasteiger partial charge in [-0.25, -0.2) is 13.1 Å². The first kappa shape index (κ1) is 17.4. The first-order valence-corrected chi connectivity index (χ1v) is 9.38. The van der Waals surface area contributed by atoms with Gasteiger partial charge in [0.25, 0.3) is 0 Å². The number of benzene rings is 1. The molecular weight excluding hydrogens is 370 g/mol. The van der Waals surface area contributed by atoms with E-state index in [0.717, 1.165) is 19.4 Å². The molecule has 122 valence electrons. The topological polar surface area (TPSA) is 87.3 Å². The summed E-state index contributed by atoms with van der Waals surface area (Å²) in [5.41, 5.74) is 1.14. The molecule has 1 atom stereocenters. The van der Waals surface area contributed by atoms with Crippen molar-refractivity contribution in [1.82, 2.24) is 10.0 Å². The highest BCUT2D eigenvalue weighted by Crippen LogP contribution is 2.29. The number of nitrogens with one attached hydrogen (secondary N) is 3. The Bertz CT molecular complexity index is 670. The van der Waals surface area contributed by atoms with Crippen LogP contribution in [0.25, 0.3) is 0 Å². The number of hydrogen-bond acceptors (Lipinski definition) is 4. The van der Waals surface area contributed by atoms with E-state index in [-0.39, 0.29) is 16.8 Å². The van der Waals surface area contributed by atoms with Crippen LogP contribution in [0.4, 0.5) is 5.69 Å². The van der Waals surface area contributed by atoms with Crippen LogP contribution in [0.2, 0.25) is 0 Å². The van der Waals surface area contributed by atoms with Crippen LogP contribution in [0.1, 0.15) is 25.3 Å². The van der Waals surface area contributed by atoms with E-state index in [0.29, 0.717) is 22.3 Å². The molecule has 1 aromatic rings. The molecule has 1 amide bonds. The zero-order valence-corrected chi connectivity index (χ0v) is 15.0. The lowest BCUT2D eigenvalue weighted by Crippen LogP contribution is -2.37. The molecule has 0 bridgehead atoms. The van der Waals surface area contributed by atoms with Crippen molar-refractivity contribution in [2.24, 2.45) is 0 Å². The van der Waals surface area contributed by atoms with Gasteiger partial charge in [0.1, 0.15) is 0 Å². The molecule has 1 aromatic carbocycles. The quantitative estimate of drug-likeness (QED) is 0.715. The molecule has 3 N–H and O–H groups in total. The van der Waals surface area contributed by atoms with Crippen LogP contribution in [0, 0.1) is 6.92 Å². The van der Waals surface area contributed by atoms with E-state index in [1.54, 1.807) is 13.0 Å². The molecule has 0 saturated carbocycles. The molecule has 1 aliphatic heterocycles. The van der Waals surface area contributed by atoms with Gasteiger partial charge in [-0.2, -0.15) is 0 Å². The van der Waals surface area contributed by atoms with Crippen molar-refractivity contribution in [2.75, 3.05) is 18.4 Å². The number of anilines is 1. The van der Waals surface area contributed by atoms with Gasteiger partial charge >= 0.3 is 0 Å². The molecule has 0 spiro atoms. The van der Waals surface area contributed by atoms with E-state index in [4.69, 9.17) is 0 Å². The second-order valence-electron chi connectivity index (χ2n) is 5.42. The number of carbonyl (C=O) groups excluding carboxylic acids is 1. The maximum atomic E-state index is 12.4. The Balaban J connectivity index is 2.19. The largest absolute Gasteiger partial charge is 0.325 e. The van der Waals surface area contributed by atoms with Gasteiger partial charge in [0.2, 0.25) is 15.9 Å². The summed E-state index contributed by atoms with van der Waals surface area (Å²) in [6.07, 6.45) is 2.05. The highest BCUT2D eigenvalue weighted by Gasteiger charge is 2.22. The van der Waals surface area contributed by atoms with E-state index in [9.17, 15) is 13.2 Å². The summed E-state index contributed by atoms with van der Waals surface area (Å²) < 4.78 is 28.1. The summed E-state index contributed by atoms with van der Waals surface area (Å²) in [4.78, 5) is 11.4. The van der Waals surface area contributed by atoms with Crippen molar-refractivity contribution in [3.05, 3.63) is 22.2 Å². The second kappa shape index (κ2) is 7.08. The minimum absolute atomic E-state index is 0.192. The lowest BCUT2D eigenvalue weighted by Gasteiger charge is -2.15. The molecule has 6 nitrogen and oxygen atoms in total. The molecule has 1 unspecified atom stereocenters. The van der Waals surface area contributed by atoms with Crippen LogP contribution in [0.15, 0.2) is 21.5 Å². The van der Waals surface area contributed by atoms with Crippen molar-refractivity contribution in [2.45, 2.75) is 37.6 Å². The number of rotatable bonds is 5. The Kier molecular flexibility index (Phi) is 5.60. The van der Waals surface area contributed by atoms with E-state index >= 15 is 0 Å². The number of halogens is 1. The fourth-order valence-electron chi connectivity index (χ4n) is 2.46. The number of hydrogen-bond donors (Lipinski definition) is 3. The zero-order valence-electron chi connectivity index (χ0n) is 12.6. The van der Waals surface area contributed by atoms with Crippen LogP contribution in [0.3, 0.4) is 0 Å². The molecule has 0 radical (unpaired) electrons. The van der Waals surface area contributed by atoms with Crippen LogP contribution < -0.4 is 15.4 Å². The summed E-state index contributed by atoms with van der Waals surface area (Å²) in [7, 11) is -3.58. The average molecular weight is 390 g/mol. The van der Waals surface area contributed by atoms with Gasteiger partial charge in [0.05, 0.1) is 10.6 Å². The predicted octanol–water partition coefficient (Wildman–Crippen LogP) is 1.75. The third-order valence-corrected chi connectivity index (χ3v) is 5.77. The Morgan fingerprint density at radius 2 is 2.18 bits per heavy atom. The third kappa shape index (κ3) is 4.28. The number of aryl methyl sites for hydroxylation is 1. The standard InChI is InChI=1S/C14H20BrN3O3S/c1-9-6-13(18-10(2)19)12(15)7-14(9)22(20,21)17-8-11-4-3-5-16-11/h6-7,11,16-17H,3-5,8H2,1-2H3,(H,18,19). The van der Waals surface area contributed by atoms with Crippen LogP contribution in [-0.4, -0.2) is 33.5 Å². The Labute approximate surface area is 139 Å². The van der Waals surface area contributed by atoms with Crippen molar-refractivity contribution in [1.29, 1.82) is 0 Å². The van der Waals surface area contributed by atoms with Gasteiger partial charge in [0.15, 0.2) is 0 Å². The lowest BCUT2D eigenvalue weighted by molar-refractivity contribution is -0.114. The Hall–Kier alpha value is -0.960. The van der Waals surface area contributed by atoms with Crippen LogP contribution in [-0.2, 0) is 14.8 Å². The van der Waals surface area contributed by atoms with Crippen LogP contribution >= 0.6 is 15.9 Å². The molecule has 1 fully saturated rings. The molecule has 8 heteroatoms.